The third-order valence-corrected chi connectivity index (χ3v) is 3.11. The summed E-state index contributed by atoms with van der Waals surface area (Å²) >= 11 is 1.76. The van der Waals surface area contributed by atoms with E-state index in [0.717, 1.165) is 22.3 Å². The highest BCUT2D eigenvalue weighted by atomic mass is 32.2. The van der Waals surface area contributed by atoms with Crippen molar-refractivity contribution in [1.29, 1.82) is 0 Å². The van der Waals surface area contributed by atoms with E-state index in [-0.39, 0.29) is 0 Å². The third kappa shape index (κ3) is 4.05. The van der Waals surface area contributed by atoms with E-state index in [0.29, 0.717) is 5.95 Å². The number of thioether (sulfide) groups is 1. The van der Waals surface area contributed by atoms with E-state index in [9.17, 15) is 0 Å². The van der Waals surface area contributed by atoms with Gasteiger partial charge in [0.05, 0.1) is 0 Å². The Morgan fingerprint density at radius 1 is 1.53 bits per heavy atom. The maximum Gasteiger partial charge on any atom is 0.238 e. The SMILES string of the molecule is Cc1cnc(NN)nc1SCCC(C)C. The Morgan fingerprint density at radius 2 is 2.27 bits per heavy atom. The second-order valence-corrected chi connectivity index (χ2v) is 4.94. The predicted molar refractivity (Wildman–Crippen MR) is 64.8 cm³/mol. The van der Waals surface area contributed by atoms with Crippen LogP contribution in [0, 0.1) is 12.8 Å². The summed E-state index contributed by atoms with van der Waals surface area (Å²) in [4.78, 5) is 8.34. The van der Waals surface area contributed by atoms with Gasteiger partial charge in [0.1, 0.15) is 5.03 Å². The number of hydrazine groups is 1. The van der Waals surface area contributed by atoms with Gasteiger partial charge in [0.25, 0.3) is 0 Å². The first-order valence-electron chi connectivity index (χ1n) is 5.06. The molecule has 0 saturated carbocycles. The molecule has 0 radical (unpaired) electrons. The van der Waals surface area contributed by atoms with E-state index in [1.165, 1.54) is 6.42 Å². The first kappa shape index (κ1) is 12.3. The maximum atomic E-state index is 5.26. The lowest BCUT2D eigenvalue weighted by molar-refractivity contribution is 0.632. The zero-order valence-corrected chi connectivity index (χ0v) is 10.3. The molecular weight excluding hydrogens is 208 g/mol. The van der Waals surface area contributed by atoms with Gasteiger partial charge in [-0.2, -0.15) is 0 Å². The van der Waals surface area contributed by atoms with Crippen molar-refractivity contribution in [2.45, 2.75) is 32.2 Å². The van der Waals surface area contributed by atoms with Crippen LogP contribution in [0.25, 0.3) is 0 Å². The van der Waals surface area contributed by atoms with Crippen molar-refractivity contribution in [1.82, 2.24) is 9.97 Å². The van der Waals surface area contributed by atoms with Gasteiger partial charge in [-0.15, -0.1) is 11.8 Å². The number of hydrogen-bond donors (Lipinski definition) is 2. The second-order valence-electron chi connectivity index (χ2n) is 3.86. The molecule has 15 heavy (non-hydrogen) atoms. The summed E-state index contributed by atoms with van der Waals surface area (Å²) in [6.07, 6.45) is 2.99. The molecular formula is C10H18N4S. The molecule has 0 saturated heterocycles. The zero-order chi connectivity index (χ0) is 11.3. The maximum absolute atomic E-state index is 5.26. The van der Waals surface area contributed by atoms with Gasteiger partial charge in [-0.1, -0.05) is 13.8 Å². The summed E-state index contributed by atoms with van der Waals surface area (Å²) in [5, 5.41) is 1.01. The molecule has 0 atom stereocenters. The Hall–Kier alpha value is -0.810. The number of nitrogen functional groups attached to an aromatic ring is 1. The van der Waals surface area contributed by atoms with Crippen molar-refractivity contribution in [3.8, 4) is 0 Å². The minimum Gasteiger partial charge on any atom is -0.292 e. The molecule has 1 aromatic rings. The zero-order valence-electron chi connectivity index (χ0n) is 9.45. The van der Waals surface area contributed by atoms with Crippen LogP contribution in [0.3, 0.4) is 0 Å². The van der Waals surface area contributed by atoms with Crippen molar-refractivity contribution in [2.75, 3.05) is 11.2 Å². The molecule has 1 aromatic heterocycles. The third-order valence-electron chi connectivity index (χ3n) is 1.99. The Bertz CT molecular complexity index is 314. The van der Waals surface area contributed by atoms with Gasteiger partial charge in [-0.3, -0.25) is 5.43 Å². The molecule has 3 N–H and O–H groups in total. The number of aryl methyl sites for hydroxylation is 1. The van der Waals surface area contributed by atoms with Crippen LogP contribution in [-0.2, 0) is 0 Å². The fourth-order valence-electron chi connectivity index (χ4n) is 1.03. The van der Waals surface area contributed by atoms with Crippen molar-refractivity contribution in [2.24, 2.45) is 11.8 Å². The van der Waals surface area contributed by atoms with Crippen molar-refractivity contribution in [3.63, 3.8) is 0 Å². The summed E-state index contributed by atoms with van der Waals surface area (Å²) < 4.78 is 0. The molecule has 84 valence electrons. The van der Waals surface area contributed by atoms with Crippen LogP contribution in [0.1, 0.15) is 25.8 Å². The molecule has 0 aliphatic rings. The minimum absolute atomic E-state index is 0.479. The lowest BCUT2D eigenvalue weighted by atomic mass is 10.2. The van der Waals surface area contributed by atoms with Gasteiger partial charge in [0, 0.05) is 6.20 Å². The van der Waals surface area contributed by atoms with Crippen LogP contribution >= 0.6 is 11.8 Å². The Morgan fingerprint density at radius 3 is 2.87 bits per heavy atom. The largest absolute Gasteiger partial charge is 0.292 e. The normalized spacial score (nSPS) is 10.7. The number of aromatic nitrogens is 2. The summed E-state index contributed by atoms with van der Waals surface area (Å²) in [5.41, 5.74) is 3.56. The Labute approximate surface area is 95.0 Å². The van der Waals surface area contributed by atoms with Gasteiger partial charge in [-0.25, -0.2) is 15.8 Å². The van der Waals surface area contributed by atoms with E-state index >= 15 is 0 Å². The van der Waals surface area contributed by atoms with Crippen LogP contribution in [0.5, 0.6) is 0 Å². The summed E-state index contributed by atoms with van der Waals surface area (Å²) in [6.45, 7) is 6.46. The lowest BCUT2D eigenvalue weighted by Gasteiger charge is -2.07. The summed E-state index contributed by atoms with van der Waals surface area (Å²) in [7, 11) is 0. The van der Waals surface area contributed by atoms with Crippen LogP contribution < -0.4 is 11.3 Å². The fourth-order valence-corrected chi connectivity index (χ4v) is 2.25. The van der Waals surface area contributed by atoms with Gasteiger partial charge in [-0.05, 0) is 30.6 Å². The van der Waals surface area contributed by atoms with Crippen LogP contribution in [0.2, 0.25) is 0 Å². The molecule has 0 fully saturated rings. The number of nitrogens with zero attached hydrogens (tertiary/aromatic N) is 2. The molecule has 0 aliphatic carbocycles. The minimum atomic E-state index is 0.479. The van der Waals surface area contributed by atoms with Crippen molar-refractivity contribution in [3.05, 3.63) is 11.8 Å². The van der Waals surface area contributed by atoms with Gasteiger partial charge in [0.15, 0.2) is 0 Å². The number of hydrogen-bond acceptors (Lipinski definition) is 5. The molecule has 5 heteroatoms. The first-order valence-corrected chi connectivity index (χ1v) is 6.05. The highest BCUT2D eigenvalue weighted by Gasteiger charge is 2.04. The quantitative estimate of drug-likeness (QED) is 0.349. The summed E-state index contributed by atoms with van der Waals surface area (Å²) in [5.74, 6) is 7.55. The molecule has 1 rings (SSSR count). The van der Waals surface area contributed by atoms with E-state index in [2.05, 4.69) is 29.2 Å². The van der Waals surface area contributed by atoms with Gasteiger partial charge < -0.3 is 0 Å². The predicted octanol–water partition coefficient (Wildman–Crippen LogP) is 2.21. The van der Waals surface area contributed by atoms with Crippen molar-refractivity contribution >= 4 is 17.7 Å². The fraction of sp³-hybridized carbons (Fsp3) is 0.600. The number of nitrogens with two attached hydrogens (primary N) is 1. The standard InChI is InChI=1S/C10H18N4S/c1-7(2)4-5-15-9-8(3)6-12-10(13-9)14-11/h6-7H,4-5,11H2,1-3H3,(H,12,13,14). The summed E-state index contributed by atoms with van der Waals surface area (Å²) in [6, 6.07) is 0. The van der Waals surface area contributed by atoms with E-state index < -0.39 is 0 Å². The van der Waals surface area contributed by atoms with Crippen LogP contribution in [-0.4, -0.2) is 15.7 Å². The molecule has 0 unspecified atom stereocenters. The number of anilines is 1. The van der Waals surface area contributed by atoms with E-state index in [1.54, 1.807) is 18.0 Å². The average Bonchev–Trinajstić information content (AvgIpc) is 2.20. The Balaban J connectivity index is 2.59. The highest BCUT2D eigenvalue weighted by Crippen LogP contribution is 2.22. The smallest absolute Gasteiger partial charge is 0.238 e. The Kier molecular flexibility index (Phi) is 4.84. The van der Waals surface area contributed by atoms with E-state index in [1.807, 2.05) is 6.92 Å². The molecule has 1 heterocycles. The molecule has 4 nitrogen and oxygen atoms in total. The lowest BCUT2D eigenvalue weighted by Crippen LogP contribution is -2.11. The molecule has 0 aliphatic heterocycles. The molecule has 0 bridgehead atoms. The van der Waals surface area contributed by atoms with Gasteiger partial charge in [0.2, 0.25) is 5.95 Å². The average molecular weight is 226 g/mol. The number of nitrogens with one attached hydrogen (secondary N) is 1. The monoisotopic (exact) mass is 226 g/mol. The topological polar surface area (TPSA) is 63.8 Å². The first-order chi connectivity index (χ1) is 7.13. The second kappa shape index (κ2) is 5.92. The molecule has 0 amide bonds. The van der Waals surface area contributed by atoms with Gasteiger partial charge >= 0.3 is 0 Å². The van der Waals surface area contributed by atoms with Crippen LogP contribution in [0.15, 0.2) is 11.2 Å². The molecule has 0 spiro atoms. The van der Waals surface area contributed by atoms with E-state index in [4.69, 9.17) is 5.84 Å². The van der Waals surface area contributed by atoms with Crippen molar-refractivity contribution < 1.29 is 0 Å². The molecule has 0 aromatic carbocycles. The highest BCUT2D eigenvalue weighted by molar-refractivity contribution is 7.99. The number of rotatable bonds is 5. The van der Waals surface area contributed by atoms with Crippen LogP contribution in [0.4, 0.5) is 5.95 Å².